The molecule has 0 saturated heterocycles. The van der Waals surface area contributed by atoms with Crippen LogP contribution in [0.2, 0.25) is 5.02 Å². The molecule has 1 aliphatic rings. The summed E-state index contributed by atoms with van der Waals surface area (Å²) in [5.74, 6) is -0.232. The Morgan fingerprint density at radius 3 is 2.64 bits per heavy atom. The van der Waals surface area contributed by atoms with Gasteiger partial charge in [0.25, 0.3) is 5.56 Å². The predicted octanol–water partition coefficient (Wildman–Crippen LogP) is 3.65. The fourth-order valence-corrected chi connectivity index (χ4v) is 3.15. The average Bonchev–Trinajstić information content (AvgIpc) is 3.42. The van der Waals surface area contributed by atoms with Crippen LogP contribution in [0.4, 0.5) is 4.39 Å². The van der Waals surface area contributed by atoms with Gasteiger partial charge in [-0.3, -0.25) is 14.1 Å². The monoisotopic (exact) mass is 357 g/mol. The van der Waals surface area contributed by atoms with Crippen molar-refractivity contribution in [3.63, 3.8) is 0 Å². The van der Waals surface area contributed by atoms with Crippen LogP contribution in [0.15, 0.2) is 53.5 Å². The molecule has 4 rings (SSSR count). The Balaban J connectivity index is 1.60. The van der Waals surface area contributed by atoms with Crippen molar-refractivity contribution in [1.82, 2.24) is 14.3 Å². The van der Waals surface area contributed by atoms with Crippen LogP contribution < -0.4 is 5.56 Å². The van der Waals surface area contributed by atoms with Crippen molar-refractivity contribution in [3.05, 3.63) is 81.1 Å². The first-order valence-corrected chi connectivity index (χ1v) is 8.63. The van der Waals surface area contributed by atoms with Gasteiger partial charge in [0.05, 0.1) is 10.7 Å². The van der Waals surface area contributed by atoms with E-state index in [-0.39, 0.29) is 11.4 Å². The molecule has 0 radical (unpaired) electrons. The van der Waals surface area contributed by atoms with Gasteiger partial charge in [-0.05, 0) is 42.7 Å². The molecule has 0 N–H and O–H groups in total. The van der Waals surface area contributed by atoms with Crippen molar-refractivity contribution in [3.8, 4) is 0 Å². The second-order valence-corrected chi connectivity index (χ2v) is 6.86. The highest BCUT2D eigenvalue weighted by Gasteiger charge is 2.29. The molecule has 0 bridgehead atoms. The molecule has 1 aromatic carbocycles. The first-order chi connectivity index (χ1) is 12.1. The zero-order valence-electron chi connectivity index (χ0n) is 13.5. The highest BCUT2D eigenvalue weighted by atomic mass is 35.5. The van der Waals surface area contributed by atoms with Crippen LogP contribution in [0, 0.1) is 5.82 Å². The van der Waals surface area contributed by atoms with Gasteiger partial charge in [-0.15, -0.1) is 0 Å². The maximum Gasteiger partial charge on any atom is 0.258 e. The topological polar surface area (TPSA) is 37.6 Å². The minimum absolute atomic E-state index is 0.139. The van der Waals surface area contributed by atoms with E-state index in [1.54, 1.807) is 36.5 Å². The molecule has 1 aliphatic carbocycles. The third-order valence-electron chi connectivity index (χ3n) is 4.40. The van der Waals surface area contributed by atoms with E-state index in [0.29, 0.717) is 29.8 Å². The van der Waals surface area contributed by atoms with Crippen LogP contribution in [0.5, 0.6) is 0 Å². The van der Waals surface area contributed by atoms with Crippen molar-refractivity contribution in [2.24, 2.45) is 0 Å². The summed E-state index contributed by atoms with van der Waals surface area (Å²) in [6.45, 7) is 1.31. The number of benzene rings is 1. The molecule has 1 saturated carbocycles. The Morgan fingerprint density at radius 2 is 1.92 bits per heavy atom. The Labute approximate surface area is 149 Å². The van der Waals surface area contributed by atoms with Gasteiger partial charge < -0.3 is 0 Å². The predicted molar refractivity (Wildman–Crippen MR) is 95.1 cm³/mol. The van der Waals surface area contributed by atoms with Gasteiger partial charge in [0.2, 0.25) is 0 Å². The van der Waals surface area contributed by atoms with Crippen LogP contribution in [0.3, 0.4) is 0 Å². The Bertz CT molecular complexity index is 967. The summed E-state index contributed by atoms with van der Waals surface area (Å²) in [7, 11) is 0. The van der Waals surface area contributed by atoms with Gasteiger partial charge in [-0.2, -0.15) is 0 Å². The van der Waals surface area contributed by atoms with E-state index in [1.807, 2.05) is 0 Å². The lowest BCUT2D eigenvalue weighted by atomic mass is 10.2. The second-order valence-electron chi connectivity index (χ2n) is 6.42. The molecule has 0 aliphatic heterocycles. The van der Waals surface area contributed by atoms with Crippen LogP contribution >= 0.6 is 11.6 Å². The van der Waals surface area contributed by atoms with E-state index in [9.17, 15) is 9.18 Å². The SMILES string of the molecule is O=c1cc(CN(Cc2ccc(F)cc2)C2CC2)nc2ccc(Cl)cn12. The molecule has 3 aromatic rings. The van der Waals surface area contributed by atoms with Gasteiger partial charge in [-0.25, -0.2) is 9.37 Å². The molecule has 1 fully saturated rings. The van der Waals surface area contributed by atoms with E-state index in [4.69, 9.17) is 11.6 Å². The highest BCUT2D eigenvalue weighted by molar-refractivity contribution is 6.30. The van der Waals surface area contributed by atoms with Gasteiger partial charge in [0.15, 0.2) is 0 Å². The molecule has 6 heteroatoms. The molecule has 0 amide bonds. The Morgan fingerprint density at radius 1 is 1.16 bits per heavy atom. The number of fused-ring (bicyclic) bond motifs is 1. The zero-order chi connectivity index (χ0) is 17.4. The molecule has 4 nitrogen and oxygen atoms in total. The van der Waals surface area contributed by atoms with E-state index in [2.05, 4.69) is 9.88 Å². The van der Waals surface area contributed by atoms with Gasteiger partial charge >= 0.3 is 0 Å². The number of hydrogen-bond donors (Lipinski definition) is 0. The molecule has 0 atom stereocenters. The standard InChI is InChI=1S/C19H17ClFN3O/c20-14-3-8-18-22-16(9-19(25)24(18)11-14)12-23(17-6-7-17)10-13-1-4-15(21)5-2-13/h1-5,8-9,11,17H,6-7,10,12H2. The molecule has 2 heterocycles. The Kier molecular flexibility index (Phi) is 4.27. The summed E-state index contributed by atoms with van der Waals surface area (Å²) < 4.78 is 14.5. The maximum absolute atomic E-state index is 13.1. The lowest BCUT2D eigenvalue weighted by Gasteiger charge is -2.21. The van der Waals surface area contributed by atoms with Gasteiger partial charge in [0.1, 0.15) is 11.5 Å². The first kappa shape index (κ1) is 16.2. The highest BCUT2D eigenvalue weighted by Crippen LogP contribution is 2.29. The molecular formula is C19H17ClFN3O. The lowest BCUT2D eigenvalue weighted by molar-refractivity contribution is 0.242. The summed E-state index contributed by atoms with van der Waals surface area (Å²) >= 11 is 5.94. The number of hydrogen-bond acceptors (Lipinski definition) is 3. The number of halogens is 2. The molecule has 2 aromatic heterocycles. The quantitative estimate of drug-likeness (QED) is 0.699. The molecule has 25 heavy (non-hydrogen) atoms. The van der Waals surface area contributed by atoms with Gasteiger partial charge in [0, 0.05) is 31.4 Å². The van der Waals surface area contributed by atoms with Crippen molar-refractivity contribution in [2.45, 2.75) is 32.0 Å². The first-order valence-electron chi connectivity index (χ1n) is 8.25. The third kappa shape index (κ3) is 3.72. The summed E-state index contributed by atoms with van der Waals surface area (Å²) in [5.41, 5.74) is 2.24. The zero-order valence-corrected chi connectivity index (χ0v) is 14.3. The summed E-state index contributed by atoms with van der Waals surface area (Å²) in [5, 5.41) is 0.500. The summed E-state index contributed by atoms with van der Waals surface area (Å²) in [6, 6.07) is 12.1. The van der Waals surface area contributed by atoms with Crippen LogP contribution in [-0.2, 0) is 13.1 Å². The number of aromatic nitrogens is 2. The number of rotatable bonds is 5. The summed E-state index contributed by atoms with van der Waals surface area (Å²) in [6.07, 6.45) is 3.86. The van der Waals surface area contributed by atoms with E-state index < -0.39 is 0 Å². The fraction of sp³-hybridized carbons (Fsp3) is 0.263. The molecular weight excluding hydrogens is 341 g/mol. The molecule has 0 spiro atoms. The van der Waals surface area contributed by atoms with Crippen molar-refractivity contribution in [1.29, 1.82) is 0 Å². The second kappa shape index (κ2) is 6.58. The van der Waals surface area contributed by atoms with E-state index in [1.165, 1.54) is 16.5 Å². The van der Waals surface area contributed by atoms with Crippen molar-refractivity contribution < 1.29 is 4.39 Å². The van der Waals surface area contributed by atoms with Crippen LogP contribution in [0.1, 0.15) is 24.1 Å². The minimum Gasteiger partial charge on any atom is -0.290 e. The molecule has 0 unspecified atom stereocenters. The van der Waals surface area contributed by atoms with E-state index >= 15 is 0 Å². The maximum atomic E-state index is 13.1. The van der Waals surface area contributed by atoms with Crippen LogP contribution in [0.25, 0.3) is 5.65 Å². The van der Waals surface area contributed by atoms with E-state index in [0.717, 1.165) is 24.1 Å². The van der Waals surface area contributed by atoms with Crippen molar-refractivity contribution in [2.75, 3.05) is 0 Å². The summed E-state index contributed by atoms with van der Waals surface area (Å²) in [4.78, 5) is 19.2. The minimum atomic E-state index is -0.232. The fourth-order valence-electron chi connectivity index (χ4n) is 2.99. The lowest BCUT2D eigenvalue weighted by Crippen LogP contribution is -2.27. The third-order valence-corrected chi connectivity index (χ3v) is 4.63. The Hall–Kier alpha value is -2.24. The number of pyridine rings is 1. The van der Waals surface area contributed by atoms with Crippen LogP contribution in [-0.4, -0.2) is 20.3 Å². The smallest absolute Gasteiger partial charge is 0.258 e. The average molecular weight is 358 g/mol. The van der Waals surface area contributed by atoms with Gasteiger partial charge in [-0.1, -0.05) is 23.7 Å². The number of nitrogens with zero attached hydrogens (tertiary/aromatic N) is 3. The normalized spacial score (nSPS) is 14.4. The largest absolute Gasteiger partial charge is 0.290 e. The molecule has 128 valence electrons. The van der Waals surface area contributed by atoms with Crippen molar-refractivity contribution >= 4 is 17.2 Å².